The standard InChI is InChI=1S/C13H26O3Si/c1-5-11-17(7-3,15-4)12-9-8-10-16-13(14)6-2/h6H,2,5,7-12H2,1,3-4H3. The zero-order valence-corrected chi connectivity index (χ0v) is 12.5. The minimum Gasteiger partial charge on any atom is -0.463 e. The van der Waals surface area contributed by atoms with Crippen LogP contribution in [0.2, 0.25) is 18.1 Å². The van der Waals surface area contributed by atoms with Crippen molar-refractivity contribution in [3.63, 3.8) is 0 Å². The number of hydrogen-bond donors (Lipinski definition) is 0. The molecule has 0 heterocycles. The first kappa shape index (κ1) is 16.4. The average molecular weight is 258 g/mol. The second-order valence-electron chi connectivity index (χ2n) is 4.32. The van der Waals surface area contributed by atoms with Gasteiger partial charge in [-0.25, -0.2) is 4.79 Å². The van der Waals surface area contributed by atoms with Crippen molar-refractivity contribution in [3.05, 3.63) is 12.7 Å². The fourth-order valence-electron chi connectivity index (χ4n) is 2.06. The molecule has 0 N–H and O–H groups in total. The highest BCUT2D eigenvalue weighted by Crippen LogP contribution is 2.25. The van der Waals surface area contributed by atoms with Crippen molar-refractivity contribution in [1.82, 2.24) is 0 Å². The van der Waals surface area contributed by atoms with E-state index in [1.807, 2.05) is 7.11 Å². The molecule has 3 nitrogen and oxygen atoms in total. The van der Waals surface area contributed by atoms with E-state index in [1.54, 1.807) is 0 Å². The van der Waals surface area contributed by atoms with Gasteiger partial charge in [0.15, 0.2) is 8.32 Å². The number of esters is 1. The van der Waals surface area contributed by atoms with E-state index in [0.29, 0.717) is 6.61 Å². The smallest absolute Gasteiger partial charge is 0.330 e. The molecular formula is C13H26O3Si. The highest BCUT2D eigenvalue weighted by Gasteiger charge is 2.29. The summed E-state index contributed by atoms with van der Waals surface area (Å²) < 4.78 is 10.7. The van der Waals surface area contributed by atoms with E-state index in [1.165, 1.54) is 30.6 Å². The molecule has 17 heavy (non-hydrogen) atoms. The third-order valence-electron chi connectivity index (χ3n) is 3.22. The molecule has 0 amide bonds. The molecule has 1 unspecified atom stereocenters. The fraction of sp³-hybridized carbons (Fsp3) is 0.769. The molecule has 0 aromatic rings. The van der Waals surface area contributed by atoms with Crippen molar-refractivity contribution in [2.24, 2.45) is 0 Å². The molecule has 0 fully saturated rings. The maximum atomic E-state index is 10.8. The van der Waals surface area contributed by atoms with Crippen molar-refractivity contribution < 1.29 is 14.0 Å². The quantitative estimate of drug-likeness (QED) is 0.260. The van der Waals surface area contributed by atoms with E-state index in [2.05, 4.69) is 20.4 Å². The monoisotopic (exact) mass is 258 g/mol. The van der Waals surface area contributed by atoms with Gasteiger partial charge in [0.05, 0.1) is 6.61 Å². The molecule has 0 saturated carbocycles. The van der Waals surface area contributed by atoms with Gasteiger partial charge in [0.25, 0.3) is 0 Å². The van der Waals surface area contributed by atoms with Crippen molar-refractivity contribution >= 4 is 14.3 Å². The first-order valence-electron chi connectivity index (χ1n) is 6.48. The maximum Gasteiger partial charge on any atom is 0.330 e. The molecule has 0 spiro atoms. The minimum atomic E-state index is -1.49. The van der Waals surface area contributed by atoms with Gasteiger partial charge in [-0.05, 0) is 24.6 Å². The largest absolute Gasteiger partial charge is 0.463 e. The minimum absolute atomic E-state index is 0.329. The second kappa shape index (κ2) is 9.42. The van der Waals surface area contributed by atoms with Crippen LogP contribution in [0.25, 0.3) is 0 Å². The molecule has 0 saturated heterocycles. The van der Waals surface area contributed by atoms with Crippen molar-refractivity contribution in [3.8, 4) is 0 Å². The molecule has 0 aliphatic rings. The molecule has 0 bridgehead atoms. The van der Waals surface area contributed by atoms with Crippen LogP contribution in [-0.2, 0) is 14.0 Å². The summed E-state index contributed by atoms with van der Waals surface area (Å²) in [5, 5.41) is 0. The first-order valence-corrected chi connectivity index (χ1v) is 9.01. The van der Waals surface area contributed by atoms with Gasteiger partial charge in [-0.3, -0.25) is 0 Å². The van der Waals surface area contributed by atoms with E-state index in [-0.39, 0.29) is 5.97 Å². The molecule has 0 aliphatic heterocycles. The number of unbranched alkanes of at least 4 members (excludes halogenated alkanes) is 1. The third-order valence-corrected chi connectivity index (χ3v) is 8.05. The molecule has 0 aliphatic carbocycles. The predicted molar refractivity (Wildman–Crippen MR) is 73.5 cm³/mol. The van der Waals surface area contributed by atoms with Gasteiger partial charge in [0.1, 0.15) is 0 Å². The normalized spacial score (nSPS) is 14.1. The van der Waals surface area contributed by atoms with Crippen molar-refractivity contribution in [1.29, 1.82) is 0 Å². The Balaban J connectivity index is 3.82. The molecule has 1 atom stereocenters. The second-order valence-corrected chi connectivity index (χ2v) is 8.80. The van der Waals surface area contributed by atoms with Crippen molar-refractivity contribution in [2.45, 2.75) is 51.2 Å². The Hall–Kier alpha value is -0.613. The Bertz CT molecular complexity index is 225. The van der Waals surface area contributed by atoms with E-state index >= 15 is 0 Å². The lowest BCUT2D eigenvalue weighted by Crippen LogP contribution is -2.35. The summed E-state index contributed by atoms with van der Waals surface area (Å²) >= 11 is 0. The van der Waals surface area contributed by atoms with Gasteiger partial charge in [0.2, 0.25) is 0 Å². The van der Waals surface area contributed by atoms with Gasteiger partial charge in [-0.2, -0.15) is 0 Å². The number of ether oxygens (including phenoxy) is 1. The molecule has 0 radical (unpaired) electrons. The predicted octanol–water partition coefficient (Wildman–Crippen LogP) is 3.52. The van der Waals surface area contributed by atoms with E-state index in [9.17, 15) is 4.79 Å². The summed E-state index contributed by atoms with van der Waals surface area (Å²) in [6, 6.07) is 3.57. The molecule has 0 aromatic heterocycles. The number of rotatable bonds is 10. The third kappa shape index (κ3) is 6.63. The van der Waals surface area contributed by atoms with Gasteiger partial charge in [-0.15, -0.1) is 0 Å². The Morgan fingerprint density at radius 1 is 1.29 bits per heavy atom. The van der Waals surface area contributed by atoms with E-state index < -0.39 is 8.32 Å². The molecule has 0 rings (SSSR count). The van der Waals surface area contributed by atoms with Crippen LogP contribution in [0.5, 0.6) is 0 Å². The Labute approximate surface area is 106 Å². The van der Waals surface area contributed by atoms with E-state index in [4.69, 9.17) is 9.16 Å². The SMILES string of the molecule is C=CC(=O)OCCCC[Si](CC)(CCC)OC. The zero-order valence-electron chi connectivity index (χ0n) is 11.5. The van der Waals surface area contributed by atoms with Gasteiger partial charge >= 0.3 is 5.97 Å². The number of carbonyl (C=O) groups is 1. The lowest BCUT2D eigenvalue weighted by molar-refractivity contribution is -0.137. The highest BCUT2D eigenvalue weighted by atomic mass is 28.4. The van der Waals surface area contributed by atoms with Gasteiger partial charge < -0.3 is 9.16 Å². The zero-order chi connectivity index (χ0) is 13.1. The fourth-order valence-corrected chi connectivity index (χ4v) is 5.52. The van der Waals surface area contributed by atoms with Crippen LogP contribution in [0.15, 0.2) is 12.7 Å². The summed E-state index contributed by atoms with van der Waals surface area (Å²) in [4.78, 5) is 10.8. The van der Waals surface area contributed by atoms with Crippen LogP contribution in [0.4, 0.5) is 0 Å². The van der Waals surface area contributed by atoms with Crippen LogP contribution in [0.3, 0.4) is 0 Å². The van der Waals surface area contributed by atoms with Crippen LogP contribution < -0.4 is 0 Å². The number of carbonyl (C=O) groups excluding carboxylic acids is 1. The lowest BCUT2D eigenvalue weighted by Gasteiger charge is -2.28. The van der Waals surface area contributed by atoms with E-state index in [0.717, 1.165) is 12.8 Å². The summed E-state index contributed by atoms with van der Waals surface area (Å²) in [6.07, 6.45) is 4.40. The topological polar surface area (TPSA) is 35.5 Å². The number of hydrogen-bond acceptors (Lipinski definition) is 3. The van der Waals surface area contributed by atoms with Crippen LogP contribution in [-0.4, -0.2) is 28.0 Å². The van der Waals surface area contributed by atoms with Gasteiger partial charge in [0, 0.05) is 13.2 Å². The van der Waals surface area contributed by atoms with Crippen LogP contribution >= 0.6 is 0 Å². The van der Waals surface area contributed by atoms with Crippen LogP contribution in [0, 0.1) is 0 Å². The first-order chi connectivity index (χ1) is 8.14. The average Bonchev–Trinajstić information content (AvgIpc) is 2.36. The molecular weight excluding hydrogens is 232 g/mol. The molecule has 100 valence electrons. The van der Waals surface area contributed by atoms with Crippen molar-refractivity contribution in [2.75, 3.05) is 13.7 Å². The highest BCUT2D eigenvalue weighted by molar-refractivity contribution is 6.73. The molecule has 4 heteroatoms. The Kier molecular flexibility index (Phi) is 9.08. The van der Waals surface area contributed by atoms with Crippen LogP contribution in [0.1, 0.15) is 33.1 Å². The Morgan fingerprint density at radius 2 is 2.00 bits per heavy atom. The Morgan fingerprint density at radius 3 is 2.47 bits per heavy atom. The summed E-state index contributed by atoms with van der Waals surface area (Å²) in [7, 11) is 0.361. The maximum absolute atomic E-state index is 10.8. The summed E-state index contributed by atoms with van der Waals surface area (Å²) in [6.45, 7) is 8.29. The summed E-state index contributed by atoms with van der Waals surface area (Å²) in [5.41, 5.74) is 0. The summed E-state index contributed by atoms with van der Waals surface area (Å²) in [5.74, 6) is -0.329. The molecule has 0 aromatic carbocycles. The lowest BCUT2D eigenvalue weighted by atomic mass is 10.3. The van der Waals surface area contributed by atoms with Gasteiger partial charge in [-0.1, -0.05) is 33.3 Å².